The lowest BCUT2D eigenvalue weighted by Crippen LogP contribution is -2.42. The quantitative estimate of drug-likeness (QED) is 0.512. The van der Waals surface area contributed by atoms with Crippen molar-refractivity contribution in [1.29, 1.82) is 0 Å². The third-order valence-corrected chi connectivity index (χ3v) is 3.11. The predicted octanol–water partition coefficient (Wildman–Crippen LogP) is 1.05. The first-order valence-electron chi connectivity index (χ1n) is 5.14. The molecule has 0 aliphatic heterocycles. The molecule has 0 bridgehead atoms. The Morgan fingerprint density at radius 2 is 2.13 bits per heavy atom. The Kier molecular flexibility index (Phi) is 6.91. The SMILES string of the molecule is CCC[C@](C)(S)CC(O)C(=O)[C@@H](N)CS. The molecule has 0 aromatic carbocycles. The number of aliphatic hydroxyl groups is 1. The number of thiol groups is 2. The second kappa shape index (κ2) is 6.78. The highest BCUT2D eigenvalue weighted by Gasteiger charge is 2.28. The molecule has 0 spiro atoms. The smallest absolute Gasteiger partial charge is 0.178 e. The maximum atomic E-state index is 11.5. The molecule has 5 heteroatoms. The van der Waals surface area contributed by atoms with Crippen LogP contribution in [0.1, 0.15) is 33.1 Å². The van der Waals surface area contributed by atoms with E-state index >= 15 is 0 Å². The average molecular weight is 251 g/mol. The topological polar surface area (TPSA) is 63.3 Å². The van der Waals surface area contributed by atoms with E-state index in [1.807, 2.05) is 13.8 Å². The largest absolute Gasteiger partial charge is 0.385 e. The summed E-state index contributed by atoms with van der Waals surface area (Å²) in [6.07, 6.45) is 1.14. The normalized spacial score (nSPS) is 19.3. The van der Waals surface area contributed by atoms with Crippen molar-refractivity contribution in [2.75, 3.05) is 5.75 Å². The van der Waals surface area contributed by atoms with E-state index in [0.29, 0.717) is 6.42 Å². The third-order valence-electron chi connectivity index (χ3n) is 2.31. The van der Waals surface area contributed by atoms with Crippen LogP contribution in [0.15, 0.2) is 0 Å². The summed E-state index contributed by atoms with van der Waals surface area (Å²) in [6.45, 7) is 3.96. The summed E-state index contributed by atoms with van der Waals surface area (Å²) in [7, 11) is 0. The van der Waals surface area contributed by atoms with Crippen molar-refractivity contribution in [1.82, 2.24) is 0 Å². The van der Waals surface area contributed by atoms with E-state index < -0.39 is 12.1 Å². The molecule has 0 rings (SSSR count). The van der Waals surface area contributed by atoms with Gasteiger partial charge in [0.15, 0.2) is 5.78 Å². The maximum absolute atomic E-state index is 11.5. The summed E-state index contributed by atoms with van der Waals surface area (Å²) in [4.78, 5) is 11.5. The molecule has 0 aliphatic rings. The van der Waals surface area contributed by atoms with Gasteiger partial charge in [-0.2, -0.15) is 25.3 Å². The summed E-state index contributed by atoms with van der Waals surface area (Å²) < 4.78 is -0.319. The highest BCUT2D eigenvalue weighted by molar-refractivity contribution is 7.81. The number of carbonyl (C=O) groups is 1. The van der Waals surface area contributed by atoms with Gasteiger partial charge in [0.1, 0.15) is 6.10 Å². The van der Waals surface area contributed by atoms with Crippen LogP contribution in [0.4, 0.5) is 0 Å². The van der Waals surface area contributed by atoms with E-state index in [4.69, 9.17) is 5.73 Å². The van der Waals surface area contributed by atoms with Gasteiger partial charge in [-0.05, 0) is 12.8 Å². The Morgan fingerprint density at radius 1 is 1.60 bits per heavy atom. The van der Waals surface area contributed by atoms with E-state index in [1.54, 1.807) is 0 Å². The van der Waals surface area contributed by atoms with Gasteiger partial charge in [-0.25, -0.2) is 0 Å². The van der Waals surface area contributed by atoms with Gasteiger partial charge >= 0.3 is 0 Å². The lowest BCUT2D eigenvalue weighted by atomic mass is 9.94. The van der Waals surface area contributed by atoms with Crippen LogP contribution in [0.3, 0.4) is 0 Å². The number of carbonyl (C=O) groups excluding carboxylic acids is 1. The van der Waals surface area contributed by atoms with Crippen molar-refractivity contribution in [3.8, 4) is 0 Å². The van der Waals surface area contributed by atoms with Gasteiger partial charge < -0.3 is 10.8 Å². The number of Topliss-reactive ketones (excluding diaryl/α,β-unsaturated/α-hetero) is 1. The Hall–Kier alpha value is 0.290. The fourth-order valence-electron chi connectivity index (χ4n) is 1.49. The number of aliphatic hydroxyl groups excluding tert-OH is 1. The number of hydrogen-bond donors (Lipinski definition) is 4. The molecule has 0 aromatic rings. The van der Waals surface area contributed by atoms with Gasteiger partial charge in [-0.15, -0.1) is 0 Å². The number of rotatable bonds is 7. The zero-order chi connectivity index (χ0) is 12.1. The van der Waals surface area contributed by atoms with Crippen LogP contribution in [0.5, 0.6) is 0 Å². The van der Waals surface area contributed by atoms with Crippen LogP contribution in [0, 0.1) is 0 Å². The Balaban J connectivity index is 4.23. The summed E-state index contributed by atoms with van der Waals surface area (Å²) in [5, 5.41) is 9.67. The van der Waals surface area contributed by atoms with Crippen molar-refractivity contribution < 1.29 is 9.90 Å². The van der Waals surface area contributed by atoms with Crippen molar-refractivity contribution in [2.24, 2.45) is 5.73 Å². The molecule has 90 valence electrons. The molecule has 0 fully saturated rings. The highest BCUT2D eigenvalue weighted by Crippen LogP contribution is 2.26. The second-order valence-electron chi connectivity index (χ2n) is 4.16. The number of hydrogen-bond acceptors (Lipinski definition) is 5. The molecule has 0 aliphatic carbocycles. The monoisotopic (exact) mass is 251 g/mol. The molecule has 1 unspecified atom stereocenters. The fourth-order valence-corrected chi connectivity index (χ4v) is 2.07. The van der Waals surface area contributed by atoms with Crippen molar-refractivity contribution in [2.45, 2.75) is 50.0 Å². The van der Waals surface area contributed by atoms with E-state index in [9.17, 15) is 9.90 Å². The fraction of sp³-hybridized carbons (Fsp3) is 0.900. The average Bonchev–Trinajstić information content (AvgIpc) is 2.14. The Labute approximate surface area is 103 Å². The molecule has 0 saturated carbocycles. The summed E-state index contributed by atoms with van der Waals surface area (Å²) in [5.41, 5.74) is 5.50. The molecule has 15 heavy (non-hydrogen) atoms. The minimum absolute atomic E-state index is 0.257. The lowest BCUT2D eigenvalue weighted by molar-refractivity contribution is -0.128. The van der Waals surface area contributed by atoms with Crippen LogP contribution < -0.4 is 5.73 Å². The summed E-state index contributed by atoms with van der Waals surface area (Å²) in [6, 6.07) is -0.686. The maximum Gasteiger partial charge on any atom is 0.178 e. The van der Waals surface area contributed by atoms with E-state index in [1.165, 1.54) is 0 Å². The standard InChI is InChI=1S/C10H21NO2S2/c1-3-4-10(2,15)5-8(12)9(13)7(11)6-14/h7-8,12,14-15H,3-6,11H2,1-2H3/t7-,8?,10-/m0/s1. The minimum Gasteiger partial charge on any atom is -0.385 e. The molecular weight excluding hydrogens is 230 g/mol. The van der Waals surface area contributed by atoms with Gasteiger partial charge in [0.25, 0.3) is 0 Å². The zero-order valence-electron chi connectivity index (χ0n) is 9.31. The summed E-state index contributed by atoms with van der Waals surface area (Å²) >= 11 is 8.35. The predicted molar refractivity (Wildman–Crippen MR) is 69.8 cm³/mol. The van der Waals surface area contributed by atoms with E-state index in [0.717, 1.165) is 12.8 Å². The molecule has 0 amide bonds. The molecule has 3 atom stereocenters. The molecule has 0 radical (unpaired) electrons. The molecule has 3 N–H and O–H groups in total. The molecule has 0 saturated heterocycles. The van der Waals surface area contributed by atoms with Crippen LogP contribution in [0.2, 0.25) is 0 Å². The van der Waals surface area contributed by atoms with E-state index in [-0.39, 0.29) is 16.3 Å². The van der Waals surface area contributed by atoms with Crippen LogP contribution >= 0.6 is 25.3 Å². The first-order chi connectivity index (χ1) is 6.84. The van der Waals surface area contributed by atoms with E-state index in [2.05, 4.69) is 25.3 Å². The van der Waals surface area contributed by atoms with Gasteiger partial charge in [-0.3, -0.25) is 4.79 Å². The summed E-state index contributed by atoms with van der Waals surface area (Å²) in [5.74, 6) is -0.0890. The number of ketones is 1. The van der Waals surface area contributed by atoms with Crippen molar-refractivity contribution in [3.63, 3.8) is 0 Å². The molecule has 0 heterocycles. The molecule has 3 nitrogen and oxygen atoms in total. The second-order valence-corrected chi connectivity index (χ2v) is 5.60. The molecule has 0 aromatic heterocycles. The van der Waals surface area contributed by atoms with Crippen molar-refractivity contribution in [3.05, 3.63) is 0 Å². The Morgan fingerprint density at radius 3 is 2.53 bits per heavy atom. The Bertz CT molecular complexity index is 210. The first kappa shape index (κ1) is 15.3. The first-order valence-corrected chi connectivity index (χ1v) is 6.22. The number of nitrogens with two attached hydrogens (primary N) is 1. The van der Waals surface area contributed by atoms with Gasteiger partial charge in [0.05, 0.1) is 6.04 Å². The minimum atomic E-state index is -1.03. The van der Waals surface area contributed by atoms with Crippen LogP contribution in [-0.4, -0.2) is 33.5 Å². The van der Waals surface area contributed by atoms with Crippen molar-refractivity contribution >= 4 is 31.0 Å². The highest BCUT2D eigenvalue weighted by atomic mass is 32.1. The van der Waals surface area contributed by atoms with Crippen LogP contribution in [-0.2, 0) is 4.79 Å². The zero-order valence-corrected chi connectivity index (χ0v) is 11.1. The van der Waals surface area contributed by atoms with Gasteiger partial charge in [-0.1, -0.05) is 20.3 Å². The van der Waals surface area contributed by atoms with Gasteiger partial charge in [0, 0.05) is 10.5 Å². The molecular formula is C10H21NO2S2. The third kappa shape index (κ3) is 5.80. The lowest BCUT2D eigenvalue weighted by Gasteiger charge is -2.26. The van der Waals surface area contributed by atoms with Crippen LogP contribution in [0.25, 0.3) is 0 Å². The van der Waals surface area contributed by atoms with Gasteiger partial charge in [0.2, 0.25) is 0 Å².